The molecule has 0 spiro atoms. The van der Waals surface area contributed by atoms with Gasteiger partial charge in [0.1, 0.15) is 0 Å². The lowest BCUT2D eigenvalue weighted by Gasteiger charge is -2.29. The van der Waals surface area contributed by atoms with E-state index in [1.54, 1.807) is 12.1 Å². The Balaban J connectivity index is 2.17. The summed E-state index contributed by atoms with van der Waals surface area (Å²) in [6.45, 7) is 4.58. The average molecular weight is 229 g/mol. The third-order valence-electron chi connectivity index (χ3n) is 3.77. The predicted octanol–water partition coefficient (Wildman–Crippen LogP) is 3.13. The molecular weight excluding hydrogens is 210 g/mol. The van der Waals surface area contributed by atoms with Gasteiger partial charge in [-0.25, -0.2) is 0 Å². The highest BCUT2D eigenvalue weighted by atomic mass is 15.0. The Kier molecular flexibility index (Phi) is 2.97. The minimum atomic E-state index is 0.320. The van der Waals surface area contributed by atoms with Crippen LogP contribution in [0.3, 0.4) is 0 Å². The Morgan fingerprint density at radius 1 is 1.47 bits per heavy atom. The Hall–Kier alpha value is -1.69. The van der Waals surface area contributed by atoms with E-state index < -0.39 is 0 Å². The van der Waals surface area contributed by atoms with Crippen molar-refractivity contribution in [3.05, 3.63) is 23.8 Å². The zero-order valence-electron chi connectivity index (χ0n) is 10.5. The standard InChI is InChI=1S/C14H19N3/c1-14(2)7-3-4-13(14)17-12-6-5-10(9-15)8-11(12)16/h5-6,8,13,17H,3-4,7,16H2,1-2H3. The van der Waals surface area contributed by atoms with Gasteiger partial charge in [-0.15, -0.1) is 0 Å². The molecule has 1 saturated carbocycles. The van der Waals surface area contributed by atoms with Crippen LogP contribution >= 0.6 is 0 Å². The molecule has 1 aliphatic carbocycles. The van der Waals surface area contributed by atoms with E-state index in [2.05, 4.69) is 25.2 Å². The maximum atomic E-state index is 8.79. The molecule has 3 N–H and O–H groups in total. The van der Waals surface area contributed by atoms with Crippen LogP contribution in [0.2, 0.25) is 0 Å². The molecular formula is C14H19N3. The zero-order chi connectivity index (χ0) is 12.5. The lowest BCUT2D eigenvalue weighted by molar-refractivity contribution is 0.350. The number of nitriles is 1. The van der Waals surface area contributed by atoms with Gasteiger partial charge < -0.3 is 11.1 Å². The minimum absolute atomic E-state index is 0.320. The molecule has 0 saturated heterocycles. The van der Waals surface area contributed by atoms with Crippen molar-refractivity contribution in [1.29, 1.82) is 5.26 Å². The smallest absolute Gasteiger partial charge is 0.0992 e. The van der Waals surface area contributed by atoms with Gasteiger partial charge in [-0.05, 0) is 36.5 Å². The zero-order valence-corrected chi connectivity index (χ0v) is 10.5. The first-order valence-electron chi connectivity index (χ1n) is 6.09. The highest BCUT2D eigenvalue weighted by molar-refractivity contribution is 5.68. The lowest BCUT2D eigenvalue weighted by Crippen LogP contribution is -2.31. The molecule has 3 nitrogen and oxygen atoms in total. The number of nitrogens with one attached hydrogen (secondary N) is 1. The summed E-state index contributed by atoms with van der Waals surface area (Å²) in [6.07, 6.45) is 3.70. The van der Waals surface area contributed by atoms with Crippen LogP contribution in [0.5, 0.6) is 0 Å². The van der Waals surface area contributed by atoms with Crippen molar-refractivity contribution in [3.63, 3.8) is 0 Å². The third-order valence-corrected chi connectivity index (χ3v) is 3.77. The van der Waals surface area contributed by atoms with Crippen LogP contribution in [0.25, 0.3) is 0 Å². The van der Waals surface area contributed by atoms with Crippen molar-refractivity contribution < 1.29 is 0 Å². The molecule has 1 aromatic carbocycles. The molecule has 3 heteroatoms. The van der Waals surface area contributed by atoms with Crippen LogP contribution in [0.4, 0.5) is 11.4 Å². The van der Waals surface area contributed by atoms with Crippen molar-refractivity contribution >= 4 is 11.4 Å². The molecule has 0 bridgehead atoms. The van der Waals surface area contributed by atoms with Gasteiger partial charge >= 0.3 is 0 Å². The van der Waals surface area contributed by atoms with Crippen LogP contribution in [-0.4, -0.2) is 6.04 Å². The first-order chi connectivity index (χ1) is 8.03. The lowest BCUT2D eigenvalue weighted by atomic mass is 9.87. The molecule has 1 aromatic rings. The number of benzene rings is 1. The van der Waals surface area contributed by atoms with E-state index in [9.17, 15) is 0 Å². The number of hydrogen-bond donors (Lipinski definition) is 2. The number of nitrogen functional groups attached to an aromatic ring is 1. The molecule has 0 aromatic heterocycles. The summed E-state index contributed by atoms with van der Waals surface area (Å²) in [5.41, 5.74) is 8.49. The maximum Gasteiger partial charge on any atom is 0.0992 e. The van der Waals surface area contributed by atoms with Crippen LogP contribution in [0, 0.1) is 16.7 Å². The largest absolute Gasteiger partial charge is 0.397 e. The minimum Gasteiger partial charge on any atom is -0.397 e. The molecule has 17 heavy (non-hydrogen) atoms. The fourth-order valence-electron chi connectivity index (χ4n) is 2.55. The first-order valence-corrected chi connectivity index (χ1v) is 6.09. The summed E-state index contributed by atoms with van der Waals surface area (Å²) in [4.78, 5) is 0. The molecule has 0 heterocycles. The van der Waals surface area contributed by atoms with Crippen molar-refractivity contribution in [2.75, 3.05) is 11.1 Å². The quantitative estimate of drug-likeness (QED) is 0.766. The number of hydrogen-bond acceptors (Lipinski definition) is 3. The fourth-order valence-corrected chi connectivity index (χ4v) is 2.55. The van der Waals surface area contributed by atoms with E-state index in [1.807, 2.05) is 6.07 Å². The summed E-state index contributed by atoms with van der Waals surface area (Å²) < 4.78 is 0. The van der Waals surface area contributed by atoms with Gasteiger partial charge in [-0.2, -0.15) is 5.26 Å². The van der Waals surface area contributed by atoms with Gasteiger partial charge in [0.15, 0.2) is 0 Å². The second kappa shape index (κ2) is 4.29. The predicted molar refractivity (Wildman–Crippen MR) is 70.6 cm³/mol. The SMILES string of the molecule is CC1(C)CCCC1Nc1ccc(C#N)cc1N. The third kappa shape index (κ3) is 2.36. The maximum absolute atomic E-state index is 8.79. The van der Waals surface area contributed by atoms with Gasteiger partial charge in [0, 0.05) is 6.04 Å². The summed E-state index contributed by atoms with van der Waals surface area (Å²) >= 11 is 0. The number of nitrogens with two attached hydrogens (primary N) is 1. The van der Waals surface area contributed by atoms with Gasteiger partial charge in [-0.3, -0.25) is 0 Å². The van der Waals surface area contributed by atoms with Crippen LogP contribution in [0.15, 0.2) is 18.2 Å². The van der Waals surface area contributed by atoms with E-state index in [1.165, 1.54) is 19.3 Å². The highest BCUT2D eigenvalue weighted by Gasteiger charge is 2.34. The van der Waals surface area contributed by atoms with E-state index in [0.717, 1.165) is 5.69 Å². The van der Waals surface area contributed by atoms with Crippen molar-refractivity contribution in [2.45, 2.75) is 39.2 Å². The molecule has 90 valence electrons. The monoisotopic (exact) mass is 229 g/mol. The Labute approximate surface area is 103 Å². The normalized spacial score (nSPS) is 22.1. The van der Waals surface area contributed by atoms with E-state index in [4.69, 9.17) is 11.0 Å². The molecule has 2 rings (SSSR count). The molecule has 0 radical (unpaired) electrons. The summed E-state index contributed by atoms with van der Waals surface area (Å²) in [5.74, 6) is 0. The van der Waals surface area contributed by atoms with E-state index in [0.29, 0.717) is 22.7 Å². The molecule has 1 fully saturated rings. The molecule has 0 amide bonds. The summed E-state index contributed by atoms with van der Waals surface area (Å²) in [6, 6.07) is 8.00. The highest BCUT2D eigenvalue weighted by Crippen LogP contribution is 2.39. The van der Waals surface area contributed by atoms with E-state index >= 15 is 0 Å². The van der Waals surface area contributed by atoms with Crippen molar-refractivity contribution in [3.8, 4) is 6.07 Å². The van der Waals surface area contributed by atoms with Crippen LogP contribution < -0.4 is 11.1 Å². The summed E-state index contributed by atoms with van der Waals surface area (Å²) in [5, 5.41) is 12.3. The number of rotatable bonds is 2. The van der Waals surface area contributed by atoms with Gasteiger partial charge in [-0.1, -0.05) is 20.3 Å². The Morgan fingerprint density at radius 2 is 2.24 bits per heavy atom. The Morgan fingerprint density at radius 3 is 2.76 bits per heavy atom. The molecule has 1 unspecified atom stereocenters. The van der Waals surface area contributed by atoms with Crippen molar-refractivity contribution in [2.24, 2.45) is 5.41 Å². The fraction of sp³-hybridized carbons (Fsp3) is 0.500. The molecule has 1 atom stereocenters. The van der Waals surface area contributed by atoms with Crippen LogP contribution in [-0.2, 0) is 0 Å². The van der Waals surface area contributed by atoms with Gasteiger partial charge in [0.05, 0.1) is 23.0 Å². The van der Waals surface area contributed by atoms with Crippen molar-refractivity contribution in [1.82, 2.24) is 0 Å². The second-order valence-corrected chi connectivity index (χ2v) is 5.49. The molecule has 1 aliphatic rings. The number of anilines is 2. The topological polar surface area (TPSA) is 61.8 Å². The van der Waals surface area contributed by atoms with Crippen LogP contribution in [0.1, 0.15) is 38.7 Å². The average Bonchev–Trinajstić information content (AvgIpc) is 2.61. The van der Waals surface area contributed by atoms with E-state index in [-0.39, 0.29) is 0 Å². The summed E-state index contributed by atoms with van der Waals surface area (Å²) in [7, 11) is 0. The van der Waals surface area contributed by atoms with Gasteiger partial charge in [0.2, 0.25) is 0 Å². The Bertz CT molecular complexity index is 457. The first kappa shape index (κ1) is 11.8. The number of nitrogens with zero attached hydrogens (tertiary/aromatic N) is 1. The molecule has 0 aliphatic heterocycles. The van der Waals surface area contributed by atoms with Gasteiger partial charge in [0.25, 0.3) is 0 Å². The second-order valence-electron chi connectivity index (χ2n) is 5.49.